The van der Waals surface area contributed by atoms with E-state index in [1.54, 1.807) is 18.9 Å². The summed E-state index contributed by atoms with van der Waals surface area (Å²) in [4.78, 5) is 11.3. The Bertz CT molecular complexity index is 1020. The molecule has 2 aromatic carbocycles. The number of nitrogens with two attached hydrogens (primary N) is 1. The number of amides is 1. The van der Waals surface area contributed by atoms with Crippen molar-refractivity contribution in [3.8, 4) is 11.4 Å². The lowest BCUT2D eigenvalue weighted by molar-refractivity contribution is -0.118. The zero-order chi connectivity index (χ0) is 22.9. The second-order valence-corrected chi connectivity index (χ2v) is 8.94. The minimum atomic E-state index is -0.260. The molecule has 6 nitrogen and oxygen atoms in total. The smallest absolute Gasteiger partial charge is 0.217 e. The first-order valence-corrected chi connectivity index (χ1v) is 12.1. The molecular formula is C25H32N4O2S. The van der Waals surface area contributed by atoms with Gasteiger partial charge in [0.1, 0.15) is 11.6 Å². The van der Waals surface area contributed by atoms with Crippen molar-refractivity contribution in [2.75, 3.05) is 7.11 Å². The fourth-order valence-electron chi connectivity index (χ4n) is 3.74. The molecule has 170 valence electrons. The van der Waals surface area contributed by atoms with Crippen LogP contribution in [0.5, 0.6) is 5.75 Å². The van der Waals surface area contributed by atoms with Gasteiger partial charge in [-0.25, -0.2) is 0 Å². The number of rotatable bonds is 12. The van der Waals surface area contributed by atoms with Crippen molar-refractivity contribution < 1.29 is 9.53 Å². The summed E-state index contributed by atoms with van der Waals surface area (Å²) in [5.41, 5.74) is 8.83. The van der Waals surface area contributed by atoms with Gasteiger partial charge in [0.2, 0.25) is 5.91 Å². The number of carbonyl (C=O) groups is 1. The van der Waals surface area contributed by atoms with Gasteiger partial charge in [-0.05, 0) is 43.9 Å². The molecule has 1 atom stereocenters. The molecular weight excluding hydrogens is 420 g/mol. The van der Waals surface area contributed by atoms with Crippen LogP contribution in [0, 0.1) is 6.92 Å². The Balaban J connectivity index is 1.94. The fourth-order valence-corrected chi connectivity index (χ4v) is 4.65. The van der Waals surface area contributed by atoms with Gasteiger partial charge in [0.15, 0.2) is 5.16 Å². The Morgan fingerprint density at radius 3 is 2.62 bits per heavy atom. The van der Waals surface area contributed by atoms with Crippen LogP contribution < -0.4 is 10.5 Å². The zero-order valence-electron chi connectivity index (χ0n) is 19.1. The van der Waals surface area contributed by atoms with E-state index in [2.05, 4.69) is 58.9 Å². The van der Waals surface area contributed by atoms with E-state index >= 15 is 0 Å². The molecule has 0 spiro atoms. The monoisotopic (exact) mass is 452 g/mol. The summed E-state index contributed by atoms with van der Waals surface area (Å²) in [6.07, 6.45) is 3.99. The maximum Gasteiger partial charge on any atom is 0.217 e. The first kappa shape index (κ1) is 23.9. The van der Waals surface area contributed by atoms with Crippen LogP contribution in [0.1, 0.15) is 61.9 Å². The van der Waals surface area contributed by atoms with Gasteiger partial charge in [-0.2, -0.15) is 0 Å². The van der Waals surface area contributed by atoms with Crippen LogP contribution in [0.4, 0.5) is 0 Å². The molecule has 0 aliphatic rings. The molecule has 0 bridgehead atoms. The minimum Gasteiger partial charge on any atom is -0.497 e. The largest absolute Gasteiger partial charge is 0.497 e. The Morgan fingerprint density at radius 2 is 1.94 bits per heavy atom. The molecule has 0 saturated heterocycles. The average molecular weight is 453 g/mol. The second-order valence-electron chi connectivity index (χ2n) is 8.00. The zero-order valence-corrected chi connectivity index (χ0v) is 19.9. The van der Waals surface area contributed by atoms with Crippen LogP contribution in [-0.4, -0.2) is 27.8 Å². The van der Waals surface area contributed by atoms with Gasteiger partial charge in [0.05, 0.1) is 12.8 Å². The van der Waals surface area contributed by atoms with Gasteiger partial charge in [-0.1, -0.05) is 61.0 Å². The van der Waals surface area contributed by atoms with Crippen LogP contribution in [0.2, 0.25) is 0 Å². The highest BCUT2D eigenvalue weighted by Crippen LogP contribution is 2.33. The quantitative estimate of drug-likeness (QED) is 0.371. The predicted molar refractivity (Wildman–Crippen MR) is 129 cm³/mol. The van der Waals surface area contributed by atoms with E-state index in [0.717, 1.165) is 53.9 Å². The third kappa shape index (κ3) is 6.36. The Hall–Kier alpha value is -2.80. The first-order chi connectivity index (χ1) is 15.5. The molecule has 7 heteroatoms. The number of aromatic nitrogens is 3. The maximum atomic E-state index is 11.3. The number of aryl methyl sites for hydroxylation is 1. The Kier molecular flexibility index (Phi) is 8.73. The topological polar surface area (TPSA) is 83.0 Å². The SMILES string of the molecule is CCCC(CCCC(N)=O)c1nnc(SCc2ccc(C)cc2)n1-c1cccc(OC)c1. The highest BCUT2D eigenvalue weighted by molar-refractivity contribution is 7.98. The summed E-state index contributed by atoms with van der Waals surface area (Å²) >= 11 is 1.67. The molecule has 0 aliphatic heterocycles. The minimum absolute atomic E-state index is 0.201. The van der Waals surface area contributed by atoms with E-state index in [4.69, 9.17) is 10.5 Å². The first-order valence-electron chi connectivity index (χ1n) is 11.1. The molecule has 0 radical (unpaired) electrons. The molecule has 32 heavy (non-hydrogen) atoms. The number of hydrogen-bond donors (Lipinski definition) is 1. The van der Waals surface area contributed by atoms with Crippen LogP contribution in [-0.2, 0) is 10.5 Å². The third-order valence-corrected chi connectivity index (χ3v) is 6.44. The maximum absolute atomic E-state index is 11.3. The summed E-state index contributed by atoms with van der Waals surface area (Å²) in [6, 6.07) is 16.5. The van der Waals surface area contributed by atoms with E-state index < -0.39 is 0 Å². The summed E-state index contributed by atoms with van der Waals surface area (Å²) in [5, 5.41) is 10.0. The van der Waals surface area contributed by atoms with Crippen molar-refractivity contribution >= 4 is 17.7 Å². The van der Waals surface area contributed by atoms with Crippen molar-refractivity contribution in [3.05, 3.63) is 65.5 Å². The predicted octanol–water partition coefficient (Wildman–Crippen LogP) is 5.42. The lowest BCUT2D eigenvalue weighted by atomic mass is 9.96. The number of hydrogen-bond acceptors (Lipinski definition) is 5. The highest BCUT2D eigenvalue weighted by atomic mass is 32.2. The third-order valence-electron chi connectivity index (χ3n) is 5.44. The number of thioether (sulfide) groups is 1. The number of benzene rings is 2. The van der Waals surface area contributed by atoms with Gasteiger partial charge >= 0.3 is 0 Å². The number of primary amides is 1. The molecule has 2 N–H and O–H groups in total. The average Bonchev–Trinajstić information content (AvgIpc) is 3.22. The molecule has 0 fully saturated rings. The van der Waals surface area contributed by atoms with Crippen LogP contribution in [0.15, 0.2) is 53.7 Å². The number of carbonyl (C=O) groups excluding carboxylic acids is 1. The van der Waals surface area contributed by atoms with Crippen LogP contribution in [0.3, 0.4) is 0 Å². The lowest BCUT2D eigenvalue weighted by Crippen LogP contribution is -2.13. The van der Waals surface area contributed by atoms with Crippen LogP contribution in [0.25, 0.3) is 5.69 Å². The van der Waals surface area contributed by atoms with Gasteiger partial charge in [-0.15, -0.1) is 10.2 Å². The Morgan fingerprint density at radius 1 is 1.16 bits per heavy atom. The molecule has 3 aromatic rings. The summed E-state index contributed by atoms with van der Waals surface area (Å²) < 4.78 is 7.60. The van der Waals surface area contributed by atoms with Crippen LogP contribution >= 0.6 is 11.8 Å². The lowest BCUT2D eigenvalue weighted by Gasteiger charge is -2.18. The normalized spacial score (nSPS) is 12.0. The van der Waals surface area contributed by atoms with E-state index in [9.17, 15) is 4.79 Å². The van der Waals surface area contributed by atoms with E-state index in [0.29, 0.717) is 6.42 Å². The number of nitrogens with zero attached hydrogens (tertiary/aromatic N) is 3. The molecule has 1 aromatic heterocycles. The van der Waals surface area contributed by atoms with Gasteiger partial charge < -0.3 is 10.5 Å². The van der Waals surface area contributed by atoms with Crippen molar-refractivity contribution in [1.29, 1.82) is 0 Å². The summed E-state index contributed by atoms with van der Waals surface area (Å²) in [6.45, 7) is 4.26. The van der Waals surface area contributed by atoms with Crippen molar-refractivity contribution in [3.63, 3.8) is 0 Å². The molecule has 3 rings (SSSR count). The summed E-state index contributed by atoms with van der Waals surface area (Å²) in [5.74, 6) is 2.46. The second kappa shape index (κ2) is 11.7. The fraction of sp³-hybridized carbons (Fsp3) is 0.400. The number of ether oxygens (including phenoxy) is 1. The molecule has 1 amide bonds. The van der Waals surface area contributed by atoms with Gasteiger partial charge in [0, 0.05) is 24.2 Å². The Labute approximate surface area is 194 Å². The van der Waals surface area contributed by atoms with Gasteiger partial charge in [-0.3, -0.25) is 9.36 Å². The van der Waals surface area contributed by atoms with Gasteiger partial charge in [0.25, 0.3) is 0 Å². The standard InChI is InChI=1S/C25H32N4O2S/c1-4-7-20(8-5-11-23(26)30)24-27-28-25(32-17-19-14-12-18(2)13-15-19)29(24)21-9-6-10-22(16-21)31-3/h6,9-10,12-16,20H,4-5,7-8,11,17H2,1-3H3,(H2,26,30). The highest BCUT2D eigenvalue weighted by Gasteiger charge is 2.22. The van der Waals surface area contributed by atoms with Crippen molar-refractivity contribution in [2.24, 2.45) is 5.73 Å². The molecule has 0 saturated carbocycles. The van der Waals surface area contributed by atoms with E-state index in [1.807, 2.05) is 18.2 Å². The van der Waals surface area contributed by atoms with Crippen molar-refractivity contribution in [2.45, 2.75) is 62.8 Å². The molecule has 1 heterocycles. The van der Waals surface area contributed by atoms with Crippen molar-refractivity contribution in [1.82, 2.24) is 14.8 Å². The van der Waals surface area contributed by atoms with E-state index in [-0.39, 0.29) is 11.8 Å². The summed E-state index contributed by atoms with van der Waals surface area (Å²) in [7, 11) is 1.67. The van der Waals surface area contributed by atoms with E-state index in [1.165, 1.54) is 11.1 Å². The molecule has 1 unspecified atom stereocenters. The molecule has 0 aliphatic carbocycles. The number of methoxy groups -OCH3 is 1.